The highest BCUT2D eigenvalue weighted by molar-refractivity contribution is 6.31. The molecule has 1 aromatic rings. The van der Waals surface area contributed by atoms with Gasteiger partial charge in [0.05, 0.1) is 5.02 Å². The van der Waals surface area contributed by atoms with Crippen molar-refractivity contribution in [3.8, 4) is 0 Å². The fraction of sp³-hybridized carbons (Fsp3) is 0.688. The first kappa shape index (κ1) is 17.3. The molecule has 0 atom stereocenters. The van der Waals surface area contributed by atoms with E-state index in [0.29, 0.717) is 0 Å². The first-order valence-corrected chi connectivity index (χ1v) is 8.20. The van der Waals surface area contributed by atoms with Gasteiger partial charge in [0.2, 0.25) is 0 Å². The van der Waals surface area contributed by atoms with E-state index in [1.54, 1.807) is 6.20 Å². The molecule has 0 aliphatic rings. The molecule has 0 aliphatic heterocycles. The molecule has 3 nitrogen and oxygen atoms in total. The second-order valence-corrected chi connectivity index (χ2v) is 5.52. The summed E-state index contributed by atoms with van der Waals surface area (Å²) in [5.41, 5.74) is 1.14. The minimum atomic E-state index is 0.751. The van der Waals surface area contributed by atoms with Gasteiger partial charge in [-0.3, -0.25) is 0 Å². The molecule has 1 heterocycles. The van der Waals surface area contributed by atoms with Gasteiger partial charge in [0, 0.05) is 25.8 Å². The molecule has 114 valence electrons. The number of hydrogen-bond donors (Lipinski definition) is 1. The van der Waals surface area contributed by atoms with Crippen LogP contribution in [0.15, 0.2) is 12.3 Å². The topological polar surface area (TPSA) is 28.2 Å². The van der Waals surface area contributed by atoms with E-state index >= 15 is 0 Å². The van der Waals surface area contributed by atoms with E-state index in [1.807, 2.05) is 0 Å². The van der Waals surface area contributed by atoms with Gasteiger partial charge in [-0.1, -0.05) is 45.2 Å². The van der Waals surface area contributed by atoms with Crippen molar-refractivity contribution in [2.24, 2.45) is 0 Å². The van der Waals surface area contributed by atoms with E-state index in [-0.39, 0.29) is 0 Å². The fourth-order valence-corrected chi connectivity index (χ4v) is 2.24. The molecule has 0 bridgehead atoms. The van der Waals surface area contributed by atoms with Crippen molar-refractivity contribution in [1.29, 1.82) is 0 Å². The molecule has 0 saturated heterocycles. The summed E-state index contributed by atoms with van der Waals surface area (Å²) in [6.07, 6.45) is 6.61. The van der Waals surface area contributed by atoms with Crippen LogP contribution in [-0.2, 0) is 6.54 Å². The van der Waals surface area contributed by atoms with Crippen molar-refractivity contribution in [3.63, 3.8) is 0 Å². The standard InChI is InChI=1S/C16H28ClN3/c1-4-7-9-20(10-8-5-2)16-11-14(12-18-6-3)15(17)13-19-16/h11,13,18H,4-10,12H2,1-3H3. The van der Waals surface area contributed by atoms with Crippen LogP contribution in [0.25, 0.3) is 0 Å². The Morgan fingerprint density at radius 1 is 1.15 bits per heavy atom. The summed E-state index contributed by atoms with van der Waals surface area (Å²) in [4.78, 5) is 6.91. The zero-order valence-electron chi connectivity index (χ0n) is 13.1. The monoisotopic (exact) mass is 297 g/mol. The summed E-state index contributed by atoms with van der Waals surface area (Å²) < 4.78 is 0. The maximum atomic E-state index is 6.22. The third-order valence-electron chi connectivity index (χ3n) is 3.37. The Balaban J connectivity index is 2.82. The van der Waals surface area contributed by atoms with Gasteiger partial charge in [0.15, 0.2) is 0 Å². The fourth-order valence-electron chi connectivity index (χ4n) is 2.07. The lowest BCUT2D eigenvalue weighted by molar-refractivity contribution is 0.669. The average molecular weight is 298 g/mol. The Hall–Kier alpha value is -0.800. The largest absolute Gasteiger partial charge is 0.357 e. The van der Waals surface area contributed by atoms with Crippen LogP contribution in [0.3, 0.4) is 0 Å². The first-order valence-electron chi connectivity index (χ1n) is 7.82. The molecule has 0 radical (unpaired) electrons. The number of unbranched alkanes of at least 4 members (excludes halogenated alkanes) is 2. The van der Waals surface area contributed by atoms with Crippen molar-refractivity contribution in [2.45, 2.75) is 53.0 Å². The van der Waals surface area contributed by atoms with Crippen LogP contribution in [0.5, 0.6) is 0 Å². The van der Waals surface area contributed by atoms with E-state index in [9.17, 15) is 0 Å². The summed E-state index contributed by atoms with van der Waals surface area (Å²) >= 11 is 6.22. The average Bonchev–Trinajstić information content (AvgIpc) is 2.47. The summed E-state index contributed by atoms with van der Waals surface area (Å²) in [5, 5.41) is 4.08. The van der Waals surface area contributed by atoms with Gasteiger partial charge >= 0.3 is 0 Å². The molecule has 1 rings (SSSR count). The summed E-state index contributed by atoms with van der Waals surface area (Å²) in [5.74, 6) is 1.06. The molecule has 1 N–H and O–H groups in total. The van der Waals surface area contributed by atoms with Crippen molar-refractivity contribution in [3.05, 3.63) is 22.8 Å². The van der Waals surface area contributed by atoms with Crippen LogP contribution < -0.4 is 10.2 Å². The van der Waals surface area contributed by atoms with E-state index in [4.69, 9.17) is 11.6 Å². The first-order chi connectivity index (χ1) is 9.72. The molecule has 4 heteroatoms. The Kier molecular flexibility index (Phi) is 8.63. The van der Waals surface area contributed by atoms with Crippen LogP contribution in [0.1, 0.15) is 52.0 Å². The lowest BCUT2D eigenvalue weighted by atomic mass is 10.2. The Labute approximate surface area is 128 Å². The maximum Gasteiger partial charge on any atom is 0.128 e. The minimum Gasteiger partial charge on any atom is -0.357 e. The van der Waals surface area contributed by atoms with E-state index in [0.717, 1.165) is 42.6 Å². The normalized spacial score (nSPS) is 10.8. The molecule has 0 unspecified atom stereocenters. The molecule has 1 aromatic heterocycles. The summed E-state index contributed by atoms with van der Waals surface area (Å²) in [7, 11) is 0. The van der Waals surface area contributed by atoms with Gasteiger partial charge < -0.3 is 10.2 Å². The predicted octanol–water partition coefficient (Wildman–Crippen LogP) is 4.25. The predicted molar refractivity (Wildman–Crippen MR) is 88.7 cm³/mol. The number of nitrogens with zero attached hydrogens (tertiary/aromatic N) is 2. The van der Waals surface area contributed by atoms with Crippen LogP contribution in [0.4, 0.5) is 5.82 Å². The number of hydrogen-bond acceptors (Lipinski definition) is 3. The molecule has 0 aromatic carbocycles. The highest BCUT2D eigenvalue weighted by Gasteiger charge is 2.10. The third-order valence-corrected chi connectivity index (χ3v) is 3.71. The van der Waals surface area contributed by atoms with E-state index in [1.165, 1.54) is 25.7 Å². The van der Waals surface area contributed by atoms with Gasteiger partial charge in [0.1, 0.15) is 5.82 Å². The highest BCUT2D eigenvalue weighted by Crippen LogP contribution is 2.21. The smallest absolute Gasteiger partial charge is 0.128 e. The quantitative estimate of drug-likeness (QED) is 0.700. The van der Waals surface area contributed by atoms with Gasteiger partial charge in [-0.25, -0.2) is 4.98 Å². The lowest BCUT2D eigenvalue weighted by Gasteiger charge is -2.24. The molecule has 0 aliphatic carbocycles. The molecule has 20 heavy (non-hydrogen) atoms. The van der Waals surface area contributed by atoms with E-state index < -0.39 is 0 Å². The highest BCUT2D eigenvalue weighted by atomic mass is 35.5. The summed E-state index contributed by atoms with van der Waals surface area (Å²) in [6.45, 7) is 10.5. The number of pyridine rings is 1. The Bertz CT molecular complexity index is 374. The van der Waals surface area contributed by atoms with Crippen LogP contribution in [0.2, 0.25) is 5.02 Å². The van der Waals surface area contributed by atoms with Crippen LogP contribution in [-0.4, -0.2) is 24.6 Å². The van der Waals surface area contributed by atoms with Gasteiger partial charge in [-0.2, -0.15) is 0 Å². The van der Waals surface area contributed by atoms with Gasteiger partial charge in [0.25, 0.3) is 0 Å². The summed E-state index contributed by atoms with van der Waals surface area (Å²) in [6, 6.07) is 2.14. The number of rotatable bonds is 10. The van der Waals surface area contributed by atoms with E-state index in [2.05, 4.69) is 42.0 Å². The number of aromatic nitrogens is 1. The zero-order chi connectivity index (χ0) is 14.8. The van der Waals surface area contributed by atoms with Crippen molar-refractivity contribution in [1.82, 2.24) is 10.3 Å². The van der Waals surface area contributed by atoms with Crippen molar-refractivity contribution < 1.29 is 0 Å². The molecule has 0 saturated carbocycles. The molecular weight excluding hydrogens is 270 g/mol. The second kappa shape index (κ2) is 10.0. The third kappa shape index (κ3) is 5.68. The van der Waals surface area contributed by atoms with Crippen molar-refractivity contribution in [2.75, 3.05) is 24.5 Å². The zero-order valence-corrected chi connectivity index (χ0v) is 13.8. The van der Waals surface area contributed by atoms with Gasteiger partial charge in [-0.05, 0) is 31.0 Å². The van der Waals surface area contributed by atoms with Crippen LogP contribution in [0, 0.1) is 0 Å². The Morgan fingerprint density at radius 2 is 1.80 bits per heavy atom. The van der Waals surface area contributed by atoms with Crippen molar-refractivity contribution >= 4 is 17.4 Å². The van der Waals surface area contributed by atoms with Crippen LogP contribution >= 0.6 is 11.6 Å². The SMILES string of the molecule is CCCCN(CCCC)c1cc(CNCC)c(Cl)cn1. The molecule has 0 amide bonds. The Morgan fingerprint density at radius 3 is 2.35 bits per heavy atom. The second-order valence-electron chi connectivity index (χ2n) is 5.11. The molecule has 0 spiro atoms. The lowest BCUT2D eigenvalue weighted by Crippen LogP contribution is -2.27. The number of anilines is 1. The number of halogens is 1. The molecule has 0 fully saturated rings. The minimum absolute atomic E-state index is 0.751. The molecular formula is C16H28ClN3. The maximum absolute atomic E-state index is 6.22. The van der Waals surface area contributed by atoms with Gasteiger partial charge in [-0.15, -0.1) is 0 Å². The number of nitrogens with one attached hydrogen (secondary N) is 1.